The lowest BCUT2D eigenvalue weighted by Gasteiger charge is -2.23. The van der Waals surface area contributed by atoms with Crippen molar-refractivity contribution in [3.05, 3.63) is 0 Å². The minimum Gasteiger partial charge on any atom is -0.466 e. The average Bonchev–Trinajstić information content (AvgIpc) is 2.60. The molecule has 1 saturated heterocycles. The quantitative estimate of drug-likeness (QED) is 0.736. The predicted octanol–water partition coefficient (Wildman–Crippen LogP) is 0.457. The summed E-state index contributed by atoms with van der Waals surface area (Å²) < 4.78 is 4.81. The second kappa shape index (κ2) is 7.76. The topological polar surface area (TPSA) is 75.7 Å². The number of carbonyl (C=O) groups excluding carboxylic acids is 3. The minimum atomic E-state index is -0.456. The second-order valence-corrected chi connectivity index (χ2v) is 4.68. The largest absolute Gasteiger partial charge is 0.466 e. The summed E-state index contributed by atoms with van der Waals surface area (Å²) in [6.07, 6.45) is 3.00. The van der Waals surface area contributed by atoms with Crippen LogP contribution in [0.5, 0.6) is 0 Å². The molecule has 0 bridgehead atoms. The predicted molar refractivity (Wildman–Crippen MR) is 69.3 cm³/mol. The van der Waals surface area contributed by atoms with Crippen molar-refractivity contribution in [1.29, 1.82) is 0 Å². The smallest absolute Gasteiger partial charge is 0.307 e. The van der Waals surface area contributed by atoms with Crippen molar-refractivity contribution >= 4 is 17.8 Å². The number of nitrogens with one attached hydrogen (secondary N) is 1. The summed E-state index contributed by atoms with van der Waals surface area (Å²) in [7, 11) is 1.64. The summed E-state index contributed by atoms with van der Waals surface area (Å²) in [5.74, 6) is -0.527. The molecule has 0 spiro atoms. The van der Waals surface area contributed by atoms with Gasteiger partial charge >= 0.3 is 5.97 Å². The molecule has 1 heterocycles. The van der Waals surface area contributed by atoms with Gasteiger partial charge in [-0.15, -0.1) is 0 Å². The Morgan fingerprint density at radius 3 is 2.84 bits per heavy atom. The SMILES string of the molecule is CCOC(=O)CCN(C)C(=O)[C@H]1CCCCC(=O)N1. The maximum absolute atomic E-state index is 12.1. The Kier molecular flexibility index (Phi) is 6.32. The summed E-state index contributed by atoms with van der Waals surface area (Å²) in [6.45, 7) is 2.40. The van der Waals surface area contributed by atoms with Gasteiger partial charge < -0.3 is 15.0 Å². The van der Waals surface area contributed by atoms with Gasteiger partial charge in [0.2, 0.25) is 11.8 Å². The van der Waals surface area contributed by atoms with Crippen LogP contribution in [0.2, 0.25) is 0 Å². The lowest BCUT2D eigenvalue weighted by Crippen LogP contribution is -2.46. The van der Waals surface area contributed by atoms with Gasteiger partial charge in [-0.2, -0.15) is 0 Å². The molecule has 1 aliphatic heterocycles. The normalized spacial score (nSPS) is 19.3. The molecule has 0 aromatic heterocycles. The van der Waals surface area contributed by atoms with E-state index in [1.807, 2.05) is 0 Å². The first-order valence-electron chi connectivity index (χ1n) is 6.74. The molecule has 0 aliphatic carbocycles. The zero-order valence-electron chi connectivity index (χ0n) is 11.6. The van der Waals surface area contributed by atoms with Gasteiger partial charge in [-0.05, 0) is 19.8 Å². The Hall–Kier alpha value is -1.59. The fraction of sp³-hybridized carbons (Fsp3) is 0.769. The van der Waals surface area contributed by atoms with Crippen LogP contribution in [0.4, 0.5) is 0 Å². The van der Waals surface area contributed by atoms with Crippen molar-refractivity contribution in [2.24, 2.45) is 0 Å². The Balaban J connectivity index is 2.42. The first-order valence-corrected chi connectivity index (χ1v) is 6.74. The Labute approximate surface area is 113 Å². The molecule has 19 heavy (non-hydrogen) atoms. The van der Waals surface area contributed by atoms with Crippen LogP contribution in [0.3, 0.4) is 0 Å². The van der Waals surface area contributed by atoms with Crippen LogP contribution >= 0.6 is 0 Å². The van der Waals surface area contributed by atoms with E-state index in [0.717, 1.165) is 12.8 Å². The second-order valence-electron chi connectivity index (χ2n) is 4.68. The Bertz CT molecular complexity index is 344. The fourth-order valence-electron chi connectivity index (χ4n) is 2.03. The third-order valence-electron chi connectivity index (χ3n) is 3.11. The highest BCUT2D eigenvalue weighted by Crippen LogP contribution is 2.11. The average molecular weight is 270 g/mol. The summed E-state index contributed by atoms with van der Waals surface area (Å²) in [6, 6.07) is -0.456. The Morgan fingerprint density at radius 1 is 1.42 bits per heavy atom. The Morgan fingerprint density at radius 2 is 2.16 bits per heavy atom. The lowest BCUT2D eigenvalue weighted by atomic mass is 10.1. The summed E-state index contributed by atoms with van der Waals surface area (Å²) in [5.41, 5.74) is 0. The van der Waals surface area contributed by atoms with E-state index in [1.54, 1.807) is 14.0 Å². The van der Waals surface area contributed by atoms with E-state index in [1.165, 1.54) is 4.90 Å². The zero-order valence-corrected chi connectivity index (χ0v) is 11.6. The first kappa shape index (κ1) is 15.5. The van der Waals surface area contributed by atoms with E-state index < -0.39 is 6.04 Å². The first-order chi connectivity index (χ1) is 9.04. The number of carbonyl (C=O) groups is 3. The number of likely N-dealkylation sites (N-methyl/N-ethyl adjacent to an activating group) is 1. The number of ether oxygens (including phenoxy) is 1. The van der Waals surface area contributed by atoms with Crippen LogP contribution in [0, 0.1) is 0 Å². The molecule has 1 aliphatic rings. The third kappa shape index (κ3) is 5.28. The van der Waals surface area contributed by atoms with Crippen LogP contribution in [-0.4, -0.2) is 48.9 Å². The van der Waals surface area contributed by atoms with E-state index in [0.29, 0.717) is 26.0 Å². The van der Waals surface area contributed by atoms with Crippen molar-refractivity contribution in [1.82, 2.24) is 10.2 Å². The monoisotopic (exact) mass is 270 g/mol. The molecule has 0 unspecified atom stereocenters. The molecule has 0 radical (unpaired) electrons. The number of hydrogen-bond acceptors (Lipinski definition) is 4. The van der Waals surface area contributed by atoms with Gasteiger partial charge in [-0.1, -0.05) is 6.42 Å². The number of esters is 1. The van der Waals surface area contributed by atoms with Crippen LogP contribution in [0.25, 0.3) is 0 Å². The summed E-state index contributed by atoms with van der Waals surface area (Å²) >= 11 is 0. The van der Waals surface area contributed by atoms with Crippen molar-refractivity contribution < 1.29 is 19.1 Å². The molecule has 6 heteroatoms. The molecular formula is C13H22N2O4. The highest BCUT2D eigenvalue weighted by atomic mass is 16.5. The standard InChI is InChI=1S/C13H22N2O4/c1-3-19-12(17)8-9-15(2)13(18)10-6-4-5-7-11(16)14-10/h10H,3-9H2,1-2H3,(H,14,16)/t10-/m1/s1. The molecule has 1 atom stereocenters. The number of rotatable bonds is 5. The molecular weight excluding hydrogens is 248 g/mol. The van der Waals surface area contributed by atoms with Gasteiger partial charge in [0.05, 0.1) is 13.0 Å². The molecule has 0 aromatic rings. The molecule has 108 valence electrons. The maximum Gasteiger partial charge on any atom is 0.307 e. The highest BCUT2D eigenvalue weighted by molar-refractivity contribution is 5.88. The molecule has 2 amide bonds. The van der Waals surface area contributed by atoms with E-state index in [2.05, 4.69) is 5.32 Å². The van der Waals surface area contributed by atoms with E-state index in [-0.39, 0.29) is 24.2 Å². The van der Waals surface area contributed by atoms with Gasteiger partial charge in [0, 0.05) is 20.0 Å². The van der Waals surface area contributed by atoms with Crippen molar-refractivity contribution in [3.8, 4) is 0 Å². The number of hydrogen-bond donors (Lipinski definition) is 1. The van der Waals surface area contributed by atoms with Crippen molar-refractivity contribution in [2.45, 2.75) is 45.1 Å². The van der Waals surface area contributed by atoms with E-state index in [9.17, 15) is 14.4 Å². The van der Waals surface area contributed by atoms with E-state index >= 15 is 0 Å². The van der Waals surface area contributed by atoms with Gasteiger partial charge in [0.15, 0.2) is 0 Å². The fourth-order valence-corrected chi connectivity index (χ4v) is 2.03. The molecule has 0 aromatic carbocycles. The van der Waals surface area contributed by atoms with Crippen LogP contribution < -0.4 is 5.32 Å². The van der Waals surface area contributed by atoms with Crippen LogP contribution in [0.15, 0.2) is 0 Å². The summed E-state index contributed by atoms with van der Waals surface area (Å²) in [5, 5.41) is 2.73. The molecule has 1 N–H and O–H groups in total. The van der Waals surface area contributed by atoms with Gasteiger partial charge in [0.1, 0.15) is 6.04 Å². The molecule has 0 saturated carbocycles. The molecule has 1 rings (SSSR count). The minimum absolute atomic E-state index is 0.0744. The molecule has 1 fully saturated rings. The van der Waals surface area contributed by atoms with Gasteiger partial charge in [0.25, 0.3) is 0 Å². The maximum atomic E-state index is 12.1. The van der Waals surface area contributed by atoms with Crippen molar-refractivity contribution in [2.75, 3.05) is 20.2 Å². The summed E-state index contributed by atoms with van der Waals surface area (Å²) in [4.78, 5) is 36.2. The molecule has 6 nitrogen and oxygen atoms in total. The third-order valence-corrected chi connectivity index (χ3v) is 3.11. The van der Waals surface area contributed by atoms with E-state index in [4.69, 9.17) is 4.74 Å². The number of nitrogens with zero attached hydrogens (tertiary/aromatic N) is 1. The van der Waals surface area contributed by atoms with Crippen LogP contribution in [-0.2, 0) is 19.1 Å². The van der Waals surface area contributed by atoms with Crippen molar-refractivity contribution in [3.63, 3.8) is 0 Å². The zero-order chi connectivity index (χ0) is 14.3. The van der Waals surface area contributed by atoms with Crippen LogP contribution in [0.1, 0.15) is 39.0 Å². The number of amides is 2. The van der Waals surface area contributed by atoms with Gasteiger partial charge in [-0.3, -0.25) is 14.4 Å². The lowest BCUT2D eigenvalue weighted by molar-refractivity contribution is -0.144. The highest BCUT2D eigenvalue weighted by Gasteiger charge is 2.25. The van der Waals surface area contributed by atoms with Gasteiger partial charge in [-0.25, -0.2) is 0 Å².